The molecule has 118 valence electrons. The number of nitrogens with two attached hydrogens (primary N) is 1. The molecule has 1 unspecified atom stereocenters. The number of amidine groups is 1. The van der Waals surface area contributed by atoms with Crippen molar-refractivity contribution >= 4 is 25.2 Å². The average Bonchev–Trinajstić information content (AvgIpc) is 2.64. The van der Waals surface area contributed by atoms with Crippen LogP contribution in [0.5, 0.6) is 0 Å². The number of aliphatic hydroxyl groups excluding tert-OH is 2. The van der Waals surface area contributed by atoms with Crippen LogP contribution in [0.3, 0.4) is 0 Å². The van der Waals surface area contributed by atoms with Crippen molar-refractivity contribution in [2.75, 3.05) is 19.5 Å². The standard InChI is InChI=1S/C13H23N4O3P/c1-8-16-10(14)7-15-17(8)13-12(19)11(18)9(20-13)5-6-21(2,3)4/h7,9,11-13,18-19H,1-2,5-6H2,3-4H3,(H2,14,16)/t9-,11-,12?,13-/m1/s1. The van der Waals surface area contributed by atoms with E-state index in [9.17, 15) is 10.2 Å². The summed E-state index contributed by atoms with van der Waals surface area (Å²) in [5.41, 5.74) is 5.53. The number of hydrogen-bond donors (Lipinski definition) is 3. The molecule has 4 N–H and O–H groups in total. The number of aliphatic imine (C=N–C) groups is 1. The zero-order chi connectivity index (χ0) is 15.8. The van der Waals surface area contributed by atoms with E-state index in [2.05, 4.69) is 36.3 Å². The Bertz CT molecular complexity index is 528. The average molecular weight is 314 g/mol. The van der Waals surface area contributed by atoms with E-state index in [-0.39, 0.29) is 11.7 Å². The predicted molar refractivity (Wildman–Crippen MR) is 87.1 cm³/mol. The summed E-state index contributed by atoms with van der Waals surface area (Å²) in [6, 6.07) is 0. The topological polar surface area (TPSA) is 104 Å². The van der Waals surface area contributed by atoms with Gasteiger partial charge in [-0.3, -0.25) is 0 Å². The van der Waals surface area contributed by atoms with E-state index in [1.165, 1.54) is 11.2 Å². The number of hydrogen-bond acceptors (Lipinski definition) is 7. The van der Waals surface area contributed by atoms with E-state index >= 15 is 0 Å². The molecule has 0 saturated carbocycles. The molecule has 0 aromatic carbocycles. The van der Waals surface area contributed by atoms with Crippen LogP contribution in [-0.4, -0.2) is 77.6 Å². The van der Waals surface area contributed by atoms with Crippen molar-refractivity contribution in [3.63, 3.8) is 0 Å². The molecule has 2 aliphatic rings. The first-order valence-electron chi connectivity index (χ1n) is 6.74. The van der Waals surface area contributed by atoms with E-state index in [1.807, 2.05) is 0 Å². The van der Waals surface area contributed by atoms with E-state index in [4.69, 9.17) is 10.5 Å². The van der Waals surface area contributed by atoms with Gasteiger partial charge in [0.1, 0.15) is 23.9 Å². The first kappa shape index (κ1) is 16.2. The minimum absolute atomic E-state index is 0.240. The molecule has 0 aromatic heterocycles. The maximum absolute atomic E-state index is 10.2. The summed E-state index contributed by atoms with van der Waals surface area (Å²) in [6.45, 7) is 6.76. The molecule has 0 aliphatic carbocycles. The van der Waals surface area contributed by atoms with Crippen molar-refractivity contribution in [3.05, 3.63) is 12.4 Å². The van der Waals surface area contributed by atoms with Crippen LogP contribution in [0.2, 0.25) is 0 Å². The van der Waals surface area contributed by atoms with E-state index < -0.39 is 31.4 Å². The van der Waals surface area contributed by atoms with E-state index in [0.717, 1.165) is 6.16 Å². The molecular weight excluding hydrogens is 291 g/mol. The second-order valence-electron chi connectivity index (χ2n) is 6.04. The lowest BCUT2D eigenvalue weighted by Crippen LogP contribution is -2.42. The smallest absolute Gasteiger partial charge is 0.181 e. The highest BCUT2D eigenvalue weighted by molar-refractivity contribution is 7.72. The van der Waals surface area contributed by atoms with Gasteiger partial charge in [0.2, 0.25) is 0 Å². The highest BCUT2D eigenvalue weighted by Crippen LogP contribution is 2.38. The van der Waals surface area contributed by atoms with Crippen LogP contribution in [0.1, 0.15) is 6.42 Å². The second kappa shape index (κ2) is 5.93. The Morgan fingerprint density at radius 2 is 2.10 bits per heavy atom. The minimum Gasteiger partial charge on any atom is -0.388 e. The van der Waals surface area contributed by atoms with Crippen molar-refractivity contribution in [1.82, 2.24) is 5.01 Å². The fourth-order valence-electron chi connectivity index (χ4n) is 2.28. The molecule has 0 radical (unpaired) electrons. The van der Waals surface area contributed by atoms with Gasteiger partial charge in [-0.1, -0.05) is 6.58 Å². The van der Waals surface area contributed by atoms with Crippen molar-refractivity contribution in [2.24, 2.45) is 15.8 Å². The molecule has 0 aromatic rings. The summed E-state index contributed by atoms with van der Waals surface area (Å²) in [6.07, 6.45) is 3.72. The zero-order valence-corrected chi connectivity index (χ0v) is 13.3. The Morgan fingerprint density at radius 3 is 2.67 bits per heavy atom. The van der Waals surface area contributed by atoms with Crippen LogP contribution in [0.4, 0.5) is 0 Å². The SMILES string of the molecule is C=C1N=C(N)C=NN1[C@@H]1O[C@H](CCP(=C)(C)C)[C@@H](O)C1O. The Hall–Kier alpha value is -1.14. The van der Waals surface area contributed by atoms with Crippen LogP contribution in [0.15, 0.2) is 22.5 Å². The van der Waals surface area contributed by atoms with Gasteiger partial charge in [-0.05, 0) is 25.9 Å². The number of rotatable bonds is 4. The van der Waals surface area contributed by atoms with Gasteiger partial charge >= 0.3 is 0 Å². The van der Waals surface area contributed by atoms with Crippen LogP contribution in [0.25, 0.3) is 0 Å². The molecule has 21 heavy (non-hydrogen) atoms. The molecule has 1 fully saturated rings. The van der Waals surface area contributed by atoms with E-state index in [0.29, 0.717) is 6.42 Å². The molecule has 0 bridgehead atoms. The second-order valence-corrected chi connectivity index (χ2v) is 10.4. The number of aliphatic hydroxyl groups is 2. The fourth-order valence-corrected chi connectivity index (χ4v) is 3.23. The van der Waals surface area contributed by atoms with Gasteiger partial charge in [0.25, 0.3) is 0 Å². The molecule has 2 heterocycles. The summed E-state index contributed by atoms with van der Waals surface area (Å²) < 4.78 is 5.76. The first-order valence-corrected chi connectivity index (χ1v) is 9.79. The summed E-state index contributed by atoms with van der Waals surface area (Å²) in [5.74, 6) is 0.515. The van der Waals surface area contributed by atoms with Crippen molar-refractivity contribution in [1.29, 1.82) is 0 Å². The lowest BCUT2D eigenvalue weighted by molar-refractivity contribution is -0.0749. The Kier molecular flexibility index (Phi) is 4.58. The Labute approximate surface area is 124 Å². The number of nitrogens with zero attached hydrogens (tertiary/aromatic N) is 3. The van der Waals surface area contributed by atoms with Crippen molar-refractivity contribution in [3.8, 4) is 0 Å². The van der Waals surface area contributed by atoms with Gasteiger partial charge in [0.05, 0.1) is 12.3 Å². The van der Waals surface area contributed by atoms with Crippen molar-refractivity contribution < 1.29 is 14.9 Å². The molecule has 0 spiro atoms. The molecule has 1 saturated heterocycles. The Morgan fingerprint density at radius 1 is 1.43 bits per heavy atom. The van der Waals surface area contributed by atoms with Gasteiger partial charge in [-0.2, -0.15) is 5.10 Å². The van der Waals surface area contributed by atoms with Gasteiger partial charge in [0, 0.05) is 0 Å². The highest BCUT2D eigenvalue weighted by Gasteiger charge is 2.46. The maximum atomic E-state index is 10.2. The summed E-state index contributed by atoms with van der Waals surface area (Å²) in [7, 11) is 0. The molecule has 8 heteroatoms. The predicted octanol–water partition coefficient (Wildman–Crippen LogP) is -0.338. The Balaban J connectivity index is 2.05. The highest BCUT2D eigenvalue weighted by atomic mass is 31.2. The normalized spacial score (nSPS) is 33.4. The first-order chi connectivity index (χ1) is 9.69. The lowest BCUT2D eigenvalue weighted by atomic mass is 10.1. The fraction of sp³-hybridized carbons (Fsp3) is 0.615. The van der Waals surface area contributed by atoms with Crippen molar-refractivity contribution in [2.45, 2.75) is 31.0 Å². The van der Waals surface area contributed by atoms with Crippen LogP contribution in [-0.2, 0) is 4.74 Å². The number of hydrazone groups is 1. The lowest BCUT2D eigenvalue weighted by Gasteiger charge is -2.28. The molecule has 2 rings (SSSR count). The third kappa shape index (κ3) is 3.74. The van der Waals surface area contributed by atoms with Gasteiger partial charge in [-0.25, -0.2) is 10.0 Å². The molecular formula is C13H23N4O3P. The molecule has 4 atom stereocenters. The molecule has 2 aliphatic heterocycles. The third-order valence-corrected chi connectivity index (χ3v) is 4.90. The number of ether oxygens (including phenoxy) is 1. The van der Waals surface area contributed by atoms with E-state index in [1.54, 1.807) is 0 Å². The largest absolute Gasteiger partial charge is 0.388 e. The third-order valence-electron chi connectivity index (χ3n) is 3.43. The molecule has 0 amide bonds. The van der Waals surface area contributed by atoms with Gasteiger partial charge in [0.15, 0.2) is 6.23 Å². The summed E-state index contributed by atoms with van der Waals surface area (Å²) in [5, 5.41) is 25.7. The quantitative estimate of drug-likeness (QED) is 0.616. The van der Waals surface area contributed by atoms with Gasteiger partial charge in [-0.15, -0.1) is 13.2 Å². The van der Waals surface area contributed by atoms with Crippen LogP contribution in [0, 0.1) is 0 Å². The van der Waals surface area contributed by atoms with Crippen LogP contribution >= 0.6 is 6.89 Å². The monoisotopic (exact) mass is 314 g/mol. The van der Waals surface area contributed by atoms with Gasteiger partial charge < -0.3 is 20.7 Å². The summed E-state index contributed by atoms with van der Waals surface area (Å²) >= 11 is 0. The van der Waals surface area contributed by atoms with Crippen LogP contribution < -0.4 is 5.73 Å². The minimum atomic E-state index is -1.21. The summed E-state index contributed by atoms with van der Waals surface area (Å²) in [4.78, 5) is 3.98. The zero-order valence-electron chi connectivity index (χ0n) is 12.4. The molecule has 7 nitrogen and oxygen atoms in total. The maximum Gasteiger partial charge on any atom is 0.181 e.